The van der Waals surface area contributed by atoms with Crippen LogP contribution in [0.2, 0.25) is 0 Å². The predicted octanol–water partition coefficient (Wildman–Crippen LogP) is 17.9. The maximum Gasteiger partial charge on any atom is 0.142 e. The minimum Gasteiger partial charge on any atom is -0.485 e. The zero-order chi connectivity index (χ0) is 47.3. The lowest BCUT2D eigenvalue weighted by atomic mass is 9.76. The van der Waals surface area contributed by atoms with Gasteiger partial charge >= 0.3 is 0 Å². The van der Waals surface area contributed by atoms with Crippen molar-refractivity contribution >= 4 is 71.2 Å². The van der Waals surface area contributed by atoms with E-state index in [0.717, 1.165) is 28.9 Å². The molecule has 2 saturated carbocycles. The largest absolute Gasteiger partial charge is 0.485 e. The van der Waals surface area contributed by atoms with Gasteiger partial charge in [-0.25, -0.2) is 0 Å². The molecule has 8 aromatic carbocycles. The van der Waals surface area contributed by atoms with Gasteiger partial charge in [-0.15, -0.1) is 0 Å². The lowest BCUT2D eigenvalue weighted by Gasteiger charge is -2.32. The summed E-state index contributed by atoms with van der Waals surface area (Å²) < 4.78 is 20.4. The summed E-state index contributed by atoms with van der Waals surface area (Å²) in [5.41, 5.74) is 18.8. The van der Waals surface area contributed by atoms with Crippen LogP contribution in [0.15, 0.2) is 192 Å². The molecule has 0 saturated heterocycles. The van der Waals surface area contributed by atoms with Crippen LogP contribution in [0, 0.1) is 5.92 Å². The Labute approximate surface area is 420 Å². The van der Waals surface area contributed by atoms with E-state index < -0.39 is 0 Å². The molecule has 2 unspecified atom stereocenters. The Morgan fingerprint density at radius 1 is 0.458 bits per heavy atom. The second-order valence-corrected chi connectivity index (χ2v) is 21.4. The molecule has 4 heteroatoms. The topological polar surface area (TPSA) is 32.2 Å². The number of para-hydroxylation sites is 4. The molecular weight excluding hydrogens is 877 g/mol. The van der Waals surface area contributed by atoms with Gasteiger partial charge in [0.2, 0.25) is 0 Å². The number of allylic oxidation sites excluding steroid dienone is 2. The molecule has 3 aromatic heterocycles. The number of hydrogen-bond acceptors (Lipinski definition) is 2. The molecule has 0 amide bonds. The lowest BCUT2D eigenvalue weighted by Crippen LogP contribution is -2.25. The van der Waals surface area contributed by atoms with Gasteiger partial charge in [0.25, 0.3) is 0 Å². The van der Waals surface area contributed by atoms with Crippen LogP contribution in [0.1, 0.15) is 109 Å². The highest BCUT2D eigenvalue weighted by molar-refractivity contribution is 6.14. The average Bonchev–Trinajstić information content (AvgIpc) is 4.20. The standard InChI is InChI=1S/C68H58N2O2/c1-5-21-43(22-6-1)37-55-65-53-39-61(69-57-33-17-13-29-47(57)48-30-14-18-34-58(48)69)51(45-25-9-3-10-26-45)41-63(53)71-67(65)56(38-44-23-7-2-8-24-44)68-66(55)54-40-62(52(42-64(54)72-68)46-27-11-4-12-28-46)70-59-35-19-15-31-49(59)50-32-16-20-36-60(50)70/h1-2,5-8,13-24,29-36,39-42,45-46,53,63H,3-4,9-12,25-28,37-38H2. The molecule has 2 atom stereocenters. The van der Waals surface area contributed by atoms with Crippen molar-refractivity contribution in [3.8, 4) is 11.4 Å². The van der Waals surface area contributed by atoms with Crippen LogP contribution in [0.4, 0.5) is 0 Å². The van der Waals surface area contributed by atoms with Crippen molar-refractivity contribution in [2.45, 2.75) is 95.0 Å². The van der Waals surface area contributed by atoms with Gasteiger partial charge in [0.1, 0.15) is 23.0 Å². The Bertz CT molecular complexity index is 3880. The van der Waals surface area contributed by atoms with Crippen LogP contribution >= 0.6 is 0 Å². The Morgan fingerprint density at radius 3 is 1.53 bits per heavy atom. The van der Waals surface area contributed by atoms with E-state index in [1.807, 2.05) is 0 Å². The second-order valence-electron chi connectivity index (χ2n) is 21.4. The van der Waals surface area contributed by atoms with E-state index in [1.54, 1.807) is 0 Å². The lowest BCUT2D eigenvalue weighted by molar-refractivity contribution is 0.263. The number of furan rings is 1. The van der Waals surface area contributed by atoms with Gasteiger partial charge in [0.15, 0.2) is 0 Å². The molecule has 0 bridgehead atoms. The second kappa shape index (κ2) is 17.1. The zero-order valence-electron chi connectivity index (χ0n) is 40.8. The molecule has 2 fully saturated rings. The Kier molecular flexibility index (Phi) is 9.98. The van der Waals surface area contributed by atoms with Crippen LogP contribution in [0.3, 0.4) is 0 Å². The fourth-order valence-corrected chi connectivity index (χ4v) is 14.1. The minimum absolute atomic E-state index is 0.0110. The first-order valence-corrected chi connectivity index (χ1v) is 27.0. The quantitative estimate of drug-likeness (QED) is 0.152. The van der Waals surface area contributed by atoms with Gasteiger partial charge in [-0.05, 0) is 120 Å². The maximum atomic E-state index is 7.66. The summed E-state index contributed by atoms with van der Waals surface area (Å²) in [6.45, 7) is 0. The molecule has 15 rings (SSSR count). The summed E-state index contributed by atoms with van der Waals surface area (Å²) in [5, 5.41) is 7.60. The first-order valence-electron chi connectivity index (χ1n) is 27.0. The van der Waals surface area contributed by atoms with Crippen molar-refractivity contribution in [2.75, 3.05) is 0 Å². The molecule has 4 aliphatic rings. The van der Waals surface area contributed by atoms with Crippen LogP contribution in [-0.2, 0) is 12.8 Å². The number of rotatable bonds is 8. The maximum absolute atomic E-state index is 7.66. The first-order chi connectivity index (χ1) is 35.7. The third-order valence-corrected chi connectivity index (χ3v) is 17.4. The third-order valence-electron chi connectivity index (χ3n) is 17.4. The molecule has 72 heavy (non-hydrogen) atoms. The highest BCUT2D eigenvalue weighted by atomic mass is 16.5. The van der Waals surface area contributed by atoms with Gasteiger partial charge in [0, 0.05) is 61.5 Å². The van der Waals surface area contributed by atoms with E-state index in [9.17, 15) is 0 Å². The molecule has 11 aromatic rings. The summed E-state index contributed by atoms with van der Waals surface area (Å²) >= 11 is 0. The summed E-state index contributed by atoms with van der Waals surface area (Å²) in [5.74, 6) is 1.93. The SMILES string of the molecule is C1=C(C2CCCCC2)C(n2c3ccccc3c3ccccc32)=CC2c3c(c(Cc4ccccc4)c4oc5cc(C6CCCCC6)c(-n6c7ccccc7c7ccccc76)cc5c4c3Cc3ccccc3)OC12. The summed E-state index contributed by atoms with van der Waals surface area (Å²) in [4.78, 5) is 0. The highest BCUT2D eigenvalue weighted by Gasteiger charge is 2.43. The monoisotopic (exact) mass is 934 g/mol. The van der Waals surface area contributed by atoms with E-state index in [0.29, 0.717) is 18.3 Å². The average molecular weight is 935 g/mol. The number of benzene rings is 8. The number of hydrogen-bond donors (Lipinski definition) is 0. The minimum atomic E-state index is -0.137. The molecule has 3 aliphatic carbocycles. The number of nitrogens with zero attached hydrogens (tertiary/aromatic N) is 2. The number of aromatic nitrogens is 2. The van der Waals surface area contributed by atoms with Gasteiger partial charge in [0.05, 0.1) is 27.8 Å². The molecule has 0 spiro atoms. The van der Waals surface area contributed by atoms with E-state index >= 15 is 0 Å². The van der Waals surface area contributed by atoms with Crippen LogP contribution in [0.5, 0.6) is 5.75 Å². The van der Waals surface area contributed by atoms with Gasteiger partial charge < -0.3 is 18.3 Å². The normalized spacial score (nSPS) is 18.6. The molecule has 1 aliphatic heterocycles. The van der Waals surface area contributed by atoms with E-state index in [-0.39, 0.29) is 12.0 Å². The van der Waals surface area contributed by atoms with Crippen LogP contribution in [0.25, 0.3) is 76.9 Å². The first kappa shape index (κ1) is 42.2. The predicted molar refractivity (Wildman–Crippen MR) is 298 cm³/mol. The van der Waals surface area contributed by atoms with Gasteiger partial charge in [-0.2, -0.15) is 0 Å². The summed E-state index contributed by atoms with van der Waals surface area (Å²) in [6.07, 6.45) is 19.0. The molecule has 0 N–H and O–H groups in total. The summed E-state index contributed by atoms with van der Waals surface area (Å²) in [7, 11) is 0. The fraction of sp³-hybridized carbons (Fsp3) is 0.235. The molecule has 4 heterocycles. The van der Waals surface area contributed by atoms with Gasteiger partial charge in [-0.1, -0.05) is 172 Å². The molecule has 4 nitrogen and oxygen atoms in total. The van der Waals surface area contributed by atoms with Crippen molar-refractivity contribution in [3.05, 3.63) is 221 Å². The number of ether oxygens (including phenoxy) is 1. The zero-order valence-corrected chi connectivity index (χ0v) is 40.8. The van der Waals surface area contributed by atoms with Gasteiger partial charge in [-0.3, -0.25) is 0 Å². The Morgan fingerprint density at radius 2 is 0.958 bits per heavy atom. The highest BCUT2D eigenvalue weighted by Crippen LogP contribution is 2.56. The third kappa shape index (κ3) is 6.64. The van der Waals surface area contributed by atoms with Crippen molar-refractivity contribution in [1.82, 2.24) is 9.13 Å². The smallest absolute Gasteiger partial charge is 0.142 e. The van der Waals surface area contributed by atoms with Crippen molar-refractivity contribution in [1.29, 1.82) is 0 Å². The van der Waals surface area contributed by atoms with Crippen molar-refractivity contribution < 1.29 is 9.15 Å². The Hall–Kier alpha value is -7.56. The molecule has 0 radical (unpaired) electrons. The van der Waals surface area contributed by atoms with Crippen molar-refractivity contribution in [3.63, 3.8) is 0 Å². The molecule has 352 valence electrons. The van der Waals surface area contributed by atoms with Crippen molar-refractivity contribution in [2.24, 2.45) is 5.92 Å². The van der Waals surface area contributed by atoms with Crippen LogP contribution < -0.4 is 4.74 Å². The summed E-state index contributed by atoms with van der Waals surface area (Å²) in [6, 6.07) is 63.3. The fourth-order valence-electron chi connectivity index (χ4n) is 14.1. The molecular formula is C68H58N2O2. The number of fused-ring (bicyclic) bond motifs is 12. The van der Waals surface area contributed by atoms with E-state index in [4.69, 9.17) is 9.15 Å². The van der Waals surface area contributed by atoms with E-state index in [1.165, 1.54) is 163 Å². The van der Waals surface area contributed by atoms with E-state index in [2.05, 4.69) is 191 Å². The van der Waals surface area contributed by atoms with Crippen LogP contribution in [-0.4, -0.2) is 15.2 Å². The Balaban J connectivity index is 1.05.